The van der Waals surface area contributed by atoms with Crippen LogP contribution in [0, 0.1) is 11.3 Å². The zero-order valence-corrected chi connectivity index (χ0v) is 13.0. The average molecular weight is 284 g/mol. The SMILES string of the molecule is CCN(CC)CCNCCn1ccc2c(C#N)cccc21. The molecule has 4 nitrogen and oxygen atoms in total. The van der Waals surface area contributed by atoms with Crippen LogP contribution in [0.3, 0.4) is 0 Å². The van der Waals surface area contributed by atoms with E-state index in [2.05, 4.69) is 47.0 Å². The number of nitrogens with zero attached hydrogens (tertiary/aromatic N) is 3. The van der Waals surface area contributed by atoms with Crippen molar-refractivity contribution in [2.75, 3.05) is 32.7 Å². The molecule has 112 valence electrons. The molecule has 0 fully saturated rings. The fraction of sp³-hybridized carbons (Fsp3) is 0.471. The van der Waals surface area contributed by atoms with Crippen LogP contribution in [0.1, 0.15) is 19.4 Å². The Kier molecular flexibility index (Phi) is 5.79. The molecule has 2 aromatic rings. The van der Waals surface area contributed by atoms with Gasteiger partial charge in [0.05, 0.1) is 11.6 Å². The topological polar surface area (TPSA) is 44.0 Å². The number of rotatable bonds is 8. The highest BCUT2D eigenvalue weighted by Gasteiger charge is 2.04. The van der Waals surface area contributed by atoms with Gasteiger partial charge in [0.2, 0.25) is 0 Å². The van der Waals surface area contributed by atoms with Crippen LogP contribution in [0.15, 0.2) is 30.5 Å². The summed E-state index contributed by atoms with van der Waals surface area (Å²) >= 11 is 0. The van der Waals surface area contributed by atoms with Gasteiger partial charge in [-0.2, -0.15) is 5.26 Å². The minimum absolute atomic E-state index is 0.751. The van der Waals surface area contributed by atoms with Crippen LogP contribution in [0.4, 0.5) is 0 Å². The number of hydrogen-bond acceptors (Lipinski definition) is 3. The van der Waals surface area contributed by atoms with Crippen molar-refractivity contribution in [2.45, 2.75) is 20.4 Å². The van der Waals surface area contributed by atoms with Crippen LogP contribution < -0.4 is 5.32 Å². The summed E-state index contributed by atoms with van der Waals surface area (Å²) in [6.45, 7) is 10.6. The van der Waals surface area contributed by atoms with Crippen molar-refractivity contribution in [2.24, 2.45) is 0 Å². The molecular weight excluding hydrogens is 260 g/mol. The van der Waals surface area contributed by atoms with E-state index in [-0.39, 0.29) is 0 Å². The maximum atomic E-state index is 9.11. The van der Waals surface area contributed by atoms with Crippen molar-refractivity contribution in [3.8, 4) is 6.07 Å². The molecule has 1 aromatic heterocycles. The van der Waals surface area contributed by atoms with Gasteiger partial charge in [-0.15, -0.1) is 0 Å². The lowest BCUT2D eigenvalue weighted by Gasteiger charge is -2.18. The van der Waals surface area contributed by atoms with Crippen molar-refractivity contribution in [3.63, 3.8) is 0 Å². The molecule has 1 aromatic carbocycles. The second-order valence-electron chi connectivity index (χ2n) is 5.14. The Balaban J connectivity index is 1.86. The van der Waals surface area contributed by atoms with Gasteiger partial charge in [0, 0.05) is 43.3 Å². The summed E-state index contributed by atoms with van der Waals surface area (Å²) in [6, 6.07) is 10.2. The third-order valence-corrected chi connectivity index (χ3v) is 3.96. The molecular formula is C17H24N4. The molecule has 0 saturated heterocycles. The fourth-order valence-electron chi connectivity index (χ4n) is 2.62. The van der Waals surface area contributed by atoms with E-state index >= 15 is 0 Å². The van der Waals surface area contributed by atoms with Gasteiger partial charge >= 0.3 is 0 Å². The van der Waals surface area contributed by atoms with Crippen LogP contribution in [0.25, 0.3) is 10.9 Å². The number of likely N-dealkylation sites (N-methyl/N-ethyl adjacent to an activating group) is 1. The highest BCUT2D eigenvalue weighted by Crippen LogP contribution is 2.19. The van der Waals surface area contributed by atoms with Crippen LogP contribution in [0.5, 0.6) is 0 Å². The van der Waals surface area contributed by atoms with E-state index in [4.69, 9.17) is 5.26 Å². The highest BCUT2D eigenvalue weighted by atomic mass is 15.1. The van der Waals surface area contributed by atoms with Gasteiger partial charge in [-0.05, 0) is 31.3 Å². The van der Waals surface area contributed by atoms with Crippen molar-refractivity contribution in [1.29, 1.82) is 5.26 Å². The lowest BCUT2D eigenvalue weighted by molar-refractivity contribution is 0.302. The monoisotopic (exact) mass is 284 g/mol. The van der Waals surface area contributed by atoms with Gasteiger partial charge in [0.1, 0.15) is 0 Å². The maximum Gasteiger partial charge on any atom is 0.0998 e. The van der Waals surface area contributed by atoms with Gasteiger partial charge in [0.25, 0.3) is 0 Å². The molecule has 0 spiro atoms. The number of nitriles is 1. The molecule has 1 heterocycles. The molecule has 0 bridgehead atoms. The number of nitrogens with one attached hydrogen (secondary N) is 1. The summed E-state index contributed by atoms with van der Waals surface area (Å²) in [6.07, 6.45) is 2.07. The zero-order valence-electron chi connectivity index (χ0n) is 13.0. The highest BCUT2D eigenvalue weighted by molar-refractivity contribution is 5.85. The summed E-state index contributed by atoms with van der Waals surface area (Å²) in [4.78, 5) is 2.41. The Bertz CT molecular complexity index is 605. The summed E-state index contributed by atoms with van der Waals surface area (Å²) < 4.78 is 2.21. The number of hydrogen-bond donors (Lipinski definition) is 1. The Morgan fingerprint density at radius 1 is 1.19 bits per heavy atom. The van der Waals surface area contributed by atoms with E-state index in [1.165, 1.54) is 0 Å². The maximum absolute atomic E-state index is 9.11. The van der Waals surface area contributed by atoms with E-state index < -0.39 is 0 Å². The lowest BCUT2D eigenvalue weighted by atomic mass is 10.1. The molecule has 0 aliphatic heterocycles. The molecule has 4 heteroatoms. The minimum atomic E-state index is 0.751. The number of aromatic nitrogens is 1. The Labute approximate surface area is 127 Å². The Morgan fingerprint density at radius 2 is 2.00 bits per heavy atom. The predicted octanol–water partition coefficient (Wildman–Crippen LogP) is 2.44. The van der Waals surface area contributed by atoms with Crippen molar-refractivity contribution >= 4 is 10.9 Å². The third kappa shape index (κ3) is 3.84. The molecule has 2 rings (SSSR count). The second kappa shape index (κ2) is 7.82. The van der Waals surface area contributed by atoms with Crippen LogP contribution >= 0.6 is 0 Å². The first-order valence-corrected chi connectivity index (χ1v) is 7.71. The Hall–Kier alpha value is -1.83. The van der Waals surface area contributed by atoms with Crippen LogP contribution in [-0.4, -0.2) is 42.2 Å². The fourth-order valence-corrected chi connectivity index (χ4v) is 2.62. The first-order chi connectivity index (χ1) is 10.3. The Morgan fingerprint density at radius 3 is 2.71 bits per heavy atom. The van der Waals surface area contributed by atoms with Gasteiger partial charge in [0.15, 0.2) is 0 Å². The first kappa shape index (κ1) is 15.6. The van der Waals surface area contributed by atoms with Gasteiger partial charge in [-0.25, -0.2) is 0 Å². The molecule has 0 aliphatic carbocycles. The molecule has 0 aliphatic rings. The normalized spacial score (nSPS) is 11.1. The average Bonchev–Trinajstić information content (AvgIpc) is 2.94. The molecule has 1 N–H and O–H groups in total. The van der Waals surface area contributed by atoms with Crippen LogP contribution in [-0.2, 0) is 6.54 Å². The standard InChI is InChI=1S/C17H24N4/c1-3-20(4-2)12-9-19-10-13-21-11-8-16-15(14-18)6-5-7-17(16)21/h5-8,11,19H,3-4,9-10,12-13H2,1-2H3. The molecule has 21 heavy (non-hydrogen) atoms. The molecule has 0 atom stereocenters. The summed E-state index contributed by atoms with van der Waals surface area (Å²) in [5.41, 5.74) is 1.89. The van der Waals surface area contributed by atoms with E-state index in [1.54, 1.807) is 0 Å². The zero-order chi connectivity index (χ0) is 15.1. The van der Waals surface area contributed by atoms with E-state index in [9.17, 15) is 0 Å². The van der Waals surface area contributed by atoms with E-state index in [0.29, 0.717) is 0 Å². The van der Waals surface area contributed by atoms with Gasteiger partial charge < -0.3 is 14.8 Å². The van der Waals surface area contributed by atoms with Crippen molar-refractivity contribution in [3.05, 3.63) is 36.0 Å². The summed E-state index contributed by atoms with van der Waals surface area (Å²) in [5.74, 6) is 0. The molecule has 0 amide bonds. The number of fused-ring (bicyclic) bond motifs is 1. The largest absolute Gasteiger partial charge is 0.346 e. The molecule has 0 saturated carbocycles. The molecule has 0 unspecified atom stereocenters. The second-order valence-corrected chi connectivity index (χ2v) is 5.14. The van der Waals surface area contributed by atoms with Crippen molar-refractivity contribution < 1.29 is 0 Å². The summed E-state index contributed by atoms with van der Waals surface area (Å²) in [7, 11) is 0. The van der Waals surface area contributed by atoms with E-state index in [1.807, 2.05) is 18.2 Å². The number of benzene rings is 1. The quantitative estimate of drug-likeness (QED) is 0.757. The smallest absolute Gasteiger partial charge is 0.0998 e. The third-order valence-electron chi connectivity index (χ3n) is 3.96. The van der Waals surface area contributed by atoms with Crippen LogP contribution in [0.2, 0.25) is 0 Å². The molecule has 0 radical (unpaired) electrons. The van der Waals surface area contributed by atoms with Gasteiger partial charge in [-0.3, -0.25) is 0 Å². The minimum Gasteiger partial charge on any atom is -0.346 e. The summed E-state index contributed by atoms with van der Waals surface area (Å²) in [5, 5.41) is 13.6. The van der Waals surface area contributed by atoms with E-state index in [0.717, 1.165) is 55.7 Å². The lowest BCUT2D eigenvalue weighted by Crippen LogP contribution is -2.33. The van der Waals surface area contributed by atoms with Crippen molar-refractivity contribution in [1.82, 2.24) is 14.8 Å². The van der Waals surface area contributed by atoms with Gasteiger partial charge in [-0.1, -0.05) is 19.9 Å². The first-order valence-electron chi connectivity index (χ1n) is 7.71. The predicted molar refractivity (Wildman–Crippen MR) is 87.3 cm³/mol.